The molecule has 0 radical (unpaired) electrons. The Labute approximate surface area is 117 Å². The van der Waals surface area contributed by atoms with Crippen LogP contribution in [-0.2, 0) is 0 Å². The Morgan fingerprint density at radius 1 is 1.47 bits per heavy atom. The standard InChI is InChI=1S/C14H18ClFN2O/c1-9-6-11(15)10(7-12(9)16)13(19)18-5-4-17-14(2,3)8-18/h6-7,17H,4-5,8H2,1-3H3. The molecule has 104 valence electrons. The Kier molecular flexibility index (Phi) is 3.83. The summed E-state index contributed by atoms with van der Waals surface area (Å²) < 4.78 is 13.6. The molecule has 1 amide bonds. The first kappa shape index (κ1) is 14.3. The number of benzene rings is 1. The number of hydrogen-bond donors (Lipinski definition) is 1. The van der Waals surface area contributed by atoms with Crippen molar-refractivity contribution in [3.63, 3.8) is 0 Å². The minimum absolute atomic E-state index is 0.135. The summed E-state index contributed by atoms with van der Waals surface area (Å²) in [5.41, 5.74) is 0.550. The third-order valence-electron chi connectivity index (χ3n) is 3.34. The van der Waals surface area contributed by atoms with E-state index in [9.17, 15) is 9.18 Å². The van der Waals surface area contributed by atoms with E-state index in [1.165, 1.54) is 12.1 Å². The molecule has 0 aliphatic carbocycles. The predicted octanol–water partition coefficient (Wildman–Crippen LogP) is 2.61. The predicted molar refractivity (Wildman–Crippen MR) is 74.1 cm³/mol. The molecule has 0 spiro atoms. The van der Waals surface area contributed by atoms with Gasteiger partial charge in [0, 0.05) is 25.2 Å². The molecule has 1 aromatic rings. The van der Waals surface area contributed by atoms with Crippen molar-refractivity contribution >= 4 is 17.5 Å². The van der Waals surface area contributed by atoms with Gasteiger partial charge in [-0.3, -0.25) is 4.79 Å². The van der Waals surface area contributed by atoms with Crippen molar-refractivity contribution in [2.75, 3.05) is 19.6 Å². The minimum atomic E-state index is -0.401. The largest absolute Gasteiger partial charge is 0.335 e. The highest BCUT2D eigenvalue weighted by Gasteiger charge is 2.30. The zero-order valence-corrected chi connectivity index (χ0v) is 12.1. The quantitative estimate of drug-likeness (QED) is 0.860. The zero-order valence-electron chi connectivity index (χ0n) is 11.4. The number of nitrogens with one attached hydrogen (secondary N) is 1. The van der Waals surface area contributed by atoms with Crippen molar-refractivity contribution in [1.29, 1.82) is 0 Å². The highest BCUT2D eigenvalue weighted by atomic mass is 35.5. The molecule has 1 heterocycles. The molecule has 2 rings (SSSR count). The molecule has 1 aliphatic rings. The van der Waals surface area contributed by atoms with Crippen LogP contribution < -0.4 is 5.32 Å². The maximum absolute atomic E-state index is 13.6. The normalized spacial score (nSPS) is 18.5. The molecule has 5 heteroatoms. The van der Waals surface area contributed by atoms with Gasteiger partial charge in [-0.15, -0.1) is 0 Å². The van der Waals surface area contributed by atoms with Gasteiger partial charge < -0.3 is 10.2 Å². The van der Waals surface area contributed by atoms with Gasteiger partial charge in [0.25, 0.3) is 5.91 Å². The fourth-order valence-electron chi connectivity index (χ4n) is 2.30. The van der Waals surface area contributed by atoms with E-state index in [-0.39, 0.29) is 17.0 Å². The number of carbonyl (C=O) groups is 1. The zero-order chi connectivity index (χ0) is 14.2. The van der Waals surface area contributed by atoms with Gasteiger partial charge in [0.05, 0.1) is 10.6 Å². The third kappa shape index (κ3) is 3.07. The molecule has 1 aromatic carbocycles. The van der Waals surface area contributed by atoms with Crippen molar-refractivity contribution < 1.29 is 9.18 Å². The third-order valence-corrected chi connectivity index (χ3v) is 3.65. The van der Waals surface area contributed by atoms with E-state index < -0.39 is 5.82 Å². The lowest BCUT2D eigenvalue weighted by Crippen LogP contribution is -2.58. The molecule has 1 N–H and O–H groups in total. The summed E-state index contributed by atoms with van der Waals surface area (Å²) in [7, 11) is 0. The fraction of sp³-hybridized carbons (Fsp3) is 0.500. The van der Waals surface area contributed by atoms with Crippen LogP contribution in [0.1, 0.15) is 29.8 Å². The Morgan fingerprint density at radius 2 is 2.16 bits per heavy atom. The summed E-state index contributed by atoms with van der Waals surface area (Å²) >= 11 is 6.06. The number of halogens is 2. The number of rotatable bonds is 1. The van der Waals surface area contributed by atoms with Gasteiger partial charge in [0.2, 0.25) is 0 Å². The monoisotopic (exact) mass is 284 g/mol. The molecule has 0 bridgehead atoms. The first-order chi connectivity index (χ1) is 8.80. The van der Waals surface area contributed by atoms with Crippen LogP contribution in [-0.4, -0.2) is 36.0 Å². The molecule has 0 saturated carbocycles. The van der Waals surface area contributed by atoms with E-state index in [2.05, 4.69) is 5.32 Å². The number of aryl methyl sites for hydroxylation is 1. The van der Waals surface area contributed by atoms with Crippen LogP contribution in [0.3, 0.4) is 0 Å². The first-order valence-corrected chi connectivity index (χ1v) is 6.68. The second-order valence-corrected chi connectivity index (χ2v) is 6.03. The highest BCUT2D eigenvalue weighted by Crippen LogP contribution is 2.23. The van der Waals surface area contributed by atoms with Crippen LogP contribution in [0.5, 0.6) is 0 Å². The van der Waals surface area contributed by atoms with Crippen LogP contribution >= 0.6 is 11.6 Å². The maximum atomic E-state index is 13.6. The van der Waals surface area contributed by atoms with Crippen LogP contribution in [0.15, 0.2) is 12.1 Å². The molecule has 1 aliphatic heterocycles. The number of piperazine rings is 1. The van der Waals surface area contributed by atoms with Crippen molar-refractivity contribution in [3.05, 3.63) is 34.1 Å². The molecule has 0 aromatic heterocycles. The summed E-state index contributed by atoms with van der Waals surface area (Å²) in [5.74, 6) is -0.611. The Morgan fingerprint density at radius 3 is 2.79 bits per heavy atom. The molecular formula is C14H18ClFN2O. The lowest BCUT2D eigenvalue weighted by molar-refractivity contribution is 0.0652. The molecular weight excluding hydrogens is 267 g/mol. The summed E-state index contributed by atoms with van der Waals surface area (Å²) in [6.07, 6.45) is 0. The van der Waals surface area contributed by atoms with E-state index in [4.69, 9.17) is 11.6 Å². The lowest BCUT2D eigenvalue weighted by Gasteiger charge is -2.39. The summed E-state index contributed by atoms with van der Waals surface area (Å²) in [4.78, 5) is 14.1. The van der Waals surface area contributed by atoms with E-state index in [1.807, 2.05) is 13.8 Å². The molecule has 1 fully saturated rings. The van der Waals surface area contributed by atoms with E-state index >= 15 is 0 Å². The van der Waals surface area contributed by atoms with Gasteiger partial charge in [-0.2, -0.15) is 0 Å². The summed E-state index contributed by atoms with van der Waals surface area (Å²) in [6.45, 7) is 7.60. The van der Waals surface area contributed by atoms with Crippen molar-refractivity contribution in [1.82, 2.24) is 10.2 Å². The second-order valence-electron chi connectivity index (χ2n) is 5.62. The fourth-order valence-corrected chi connectivity index (χ4v) is 2.59. The van der Waals surface area contributed by atoms with Gasteiger partial charge in [-0.1, -0.05) is 11.6 Å². The smallest absolute Gasteiger partial charge is 0.255 e. The van der Waals surface area contributed by atoms with E-state index in [0.29, 0.717) is 23.7 Å². The number of hydrogen-bond acceptors (Lipinski definition) is 2. The van der Waals surface area contributed by atoms with Crippen LogP contribution in [0.4, 0.5) is 4.39 Å². The second kappa shape index (κ2) is 5.10. The van der Waals surface area contributed by atoms with E-state index in [1.54, 1.807) is 11.8 Å². The highest BCUT2D eigenvalue weighted by molar-refractivity contribution is 6.33. The van der Waals surface area contributed by atoms with Crippen molar-refractivity contribution in [3.8, 4) is 0 Å². The van der Waals surface area contributed by atoms with Gasteiger partial charge >= 0.3 is 0 Å². The SMILES string of the molecule is Cc1cc(Cl)c(C(=O)N2CCNC(C)(C)C2)cc1F. The summed E-state index contributed by atoms with van der Waals surface area (Å²) in [5, 5.41) is 3.63. The number of amides is 1. The lowest BCUT2D eigenvalue weighted by atomic mass is 10.0. The topological polar surface area (TPSA) is 32.3 Å². The Hall–Kier alpha value is -1.13. The molecule has 1 saturated heterocycles. The molecule has 0 atom stereocenters. The van der Waals surface area contributed by atoms with Crippen LogP contribution in [0, 0.1) is 12.7 Å². The van der Waals surface area contributed by atoms with Crippen molar-refractivity contribution in [2.24, 2.45) is 0 Å². The van der Waals surface area contributed by atoms with E-state index in [0.717, 1.165) is 6.54 Å². The molecule has 19 heavy (non-hydrogen) atoms. The molecule has 0 unspecified atom stereocenters. The Balaban J connectivity index is 2.27. The van der Waals surface area contributed by atoms with Gasteiger partial charge in [-0.25, -0.2) is 4.39 Å². The molecule has 3 nitrogen and oxygen atoms in total. The van der Waals surface area contributed by atoms with Crippen molar-refractivity contribution in [2.45, 2.75) is 26.3 Å². The van der Waals surface area contributed by atoms with Gasteiger partial charge in [0.15, 0.2) is 0 Å². The van der Waals surface area contributed by atoms with Gasteiger partial charge in [0.1, 0.15) is 5.82 Å². The average molecular weight is 285 g/mol. The Bertz CT molecular complexity index is 516. The average Bonchev–Trinajstić information content (AvgIpc) is 2.31. The van der Waals surface area contributed by atoms with Crippen LogP contribution in [0.25, 0.3) is 0 Å². The summed E-state index contributed by atoms with van der Waals surface area (Å²) in [6, 6.07) is 2.73. The maximum Gasteiger partial charge on any atom is 0.255 e. The minimum Gasteiger partial charge on any atom is -0.335 e. The van der Waals surface area contributed by atoms with Crippen LogP contribution in [0.2, 0.25) is 5.02 Å². The number of nitrogens with zero attached hydrogens (tertiary/aromatic N) is 1. The number of carbonyl (C=O) groups excluding carboxylic acids is 1. The van der Waals surface area contributed by atoms with Gasteiger partial charge in [-0.05, 0) is 38.5 Å². The first-order valence-electron chi connectivity index (χ1n) is 6.30.